The fraction of sp³-hybridized carbons (Fsp3) is 0.385. The highest BCUT2D eigenvalue weighted by Gasteiger charge is 2.34. The quantitative estimate of drug-likeness (QED) is 0.666. The van der Waals surface area contributed by atoms with Crippen LogP contribution in [0, 0.1) is 5.92 Å². The number of hydrogen-bond donors (Lipinski definition) is 3. The largest absolute Gasteiger partial charge is 0.481 e. The summed E-state index contributed by atoms with van der Waals surface area (Å²) in [5.74, 6) is -1.86. The van der Waals surface area contributed by atoms with E-state index in [9.17, 15) is 9.59 Å². The molecule has 0 bridgehead atoms. The van der Waals surface area contributed by atoms with Gasteiger partial charge in [-0.05, 0) is 17.7 Å². The summed E-state index contributed by atoms with van der Waals surface area (Å²) in [7, 11) is 0. The molecule has 0 spiro atoms. The molecule has 4 N–H and O–H groups in total. The first-order chi connectivity index (χ1) is 9.06. The number of aliphatic carboxylic acids is 1. The van der Waals surface area contributed by atoms with Gasteiger partial charge in [0.05, 0.1) is 25.7 Å². The molecule has 6 nitrogen and oxygen atoms in total. The van der Waals surface area contributed by atoms with Gasteiger partial charge in [0.2, 0.25) is 5.91 Å². The van der Waals surface area contributed by atoms with E-state index in [1.54, 1.807) is 24.3 Å². The van der Waals surface area contributed by atoms with Crippen LogP contribution in [0.5, 0.6) is 0 Å². The van der Waals surface area contributed by atoms with Gasteiger partial charge in [-0.2, -0.15) is 0 Å². The number of nitrogens with one attached hydrogen (secondary N) is 1. The molecule has 102 valence electrons. The molecule has 1 aromatic carbocycles. The highest BCUT2D eigenvalue weighted by Crippen LogP contribution is 2.14. The van der Waals surface area contributed by atoms with Crippen LogP contribution in [-0.2, 0) is 20.7 Å². The SMILES string of the molecule is Nc1cccc(CC(=O)NC2COCC2C(=O)O)c1. The second kappa shape index (κ2) is 5.71. The summed E-state index contributed by atoms with van der Waals surface area (Å²) in [6, 6.07) is 6.57. The van der Waals surface area contributed by atoms with Gasteiger partial charge in [0.25, 0.3) is 0 Å². The summed E-state index contributed by atoms with van der Waals surface area (Å²) in [4.78, 5) is 22.8. The van der Waals surface area contributed by atoms with Crippen molar-refractivity contribution in [2.24, 2.45) is 5.92 Å². The lowest BCUT2D eigenvalue weighted by Crippen LogP contribution is -2.43. The first-order valence-corrected chi connectivity index (χ1v) is 6.00. The summed E-state index contributed by atoms with van der Waals surface area (Å²) in [6.07, 6.45) is 0.174. The van der Waals surface area contributed by atoms with E-state index in [4.69, 9.17) is 15.6 Å². The van der Waals surface area contributed by atoms with Crippen LogP contribution >= 0.6 is 0 Å². The molecule has 2 atom stereocenters. The number of anilines is 1. The number of benzene rings is 1. The average Bonchev–Trinajstić information content (AvgIpc) is 2.76. The lowest BCUT2D eigenvalue weighted by atomic mass is 10.0. The van der Waals surface area contributed by atoms with Crippen LogP contribution in [0.15, 0.2) is 24.3 Å². The highest BCUT2D eigenvalue weighted by atomic mass is 16.5. The Kier molecular flexibility index (Phi) is 4.01. The van der Waals surface area contributed by atoms with Gasteiger partial charge in [-0.3, -0.25) is 9.59 Å². The Hall–Kier alpha value is -2.08. The molecule has 6 heteroatoms. The van der Waals surface area contributed by atoms with E-state index in [0.29, 0.717) is 5.69 Å². The van der Waals surface area contributed by atoms with Crippen molar-refractivity contribution in [1.82, 2.24) is 5.32 Å². The maximum atomic E-state index is 11.8. The van der Waals surface area contributed by atoms with Crippen LogP contribution in [0.4, 0.5) is 5.69 Å². The number of rotatable bonds is 4. The second-order valence-electron chi connectivity index (χ2n) is 4.58. The van der Waals surface area contributed by atoms with Gasteiger partial charge >= 0.3 is 5.97 Å². The van der Waals surface area contributed by atoms with E-state index in [2.05, 4.69) is 5.32 Å². The van der Waals surface area contributed by atoms with Crippen LogP contribution < -0.4 is 11.1 Å². The van der Waals surface area contributed by atoms with Gasteiger partial charge in [-0.25, -0.2) is 0 Å². The maximum Gasteiger partial charge on any atom is 0.311 e. The van der Waals surface area contributed by atoms with Crippen molar-refractivity contribution < 1.29 is 19.4 Å². The molecule has 1 aliphatic rings. The fourth-order valence-corrected chi connectivity index (χ4v) is 2.09. The molecule has 19 heavy (non-hydrogen) atoms. The molecule has 1 amide bonds. The van der Waals surface area contributed by atoms with Crippen molar-refractivity contribution >= 4 is 17.6 Å². The van der Waals surface area contributed by atoms with E-state index in [1.165, 1.54) is 0 Å². The average molecular weight is 264 g/mol. The van der Waals surface area contributed by atoms with Gasteiger partial charge in [0.15, 0.2) is 0 Å². The summed E-state index contributed by atoms with van der Waals surface area (Å²) >= 11 is 0. The molecule has 1 aromatic rings. The molecule has 1 aliphatic heterocycles. The third-order valence-electron chi connectivity index (χ3n) is 3.06. The van der Waals surface area contributed by atoms with Crippen LogP contribution in [0.3, 0.4) is 0 Å². The zero-order valence-electron chi connectivity index (χ0n) is 10.3. The van der Waals surface area contributed by atoms with Crippen molar-refractivity contribution in [3.63, 3.8) is 0 Å². The topological polar surface area (TPSA) is 102 Å². The monoisotopic (exact) mass is 264 g/mol. The minimum absolute atomic E-state index is 0.137. The Morgan fingerprint density at radius 3 is 2.89 bits per heavy atom. The Morgan fingerprint density at radius 1 is 1.42 bits per heavy atom. The molecule has 0 saturated carbocycles. The first kappa shape index (κ1) is 13.4. The maximum absolute atomic E-state index is 11.8. The van der Waals surface area contributed by atoms with Crippen LogP contribution in [-0.4, -0.2) is 36.2 Å². The third kappa shape index (κ3) is 3.45. The summed E-state index contributed by atoms with van der Waals surface area (Å²) in [6.45, 7) is 0.373. The Balaban J connectivity index is 1.92. The molecule has 2 rings (SSSR count). The number of carbonyl (C=O) groups excluding carboxylic acids is 1. The van der Waals surface area contributed by atoms with Gasteiger partial charge in [0.1, 0.15) is 5.92 Å². The number of hydrogen-bond acceptors (Lipinski definition) is 4. The van der Waals surface area contributed by atoms with Crippen LogP contribution in [0.1, 0.15) is 5.56 Å². The minimum atomic E-state index is -0.952. The lowest BCUT2D eigenvalue weighted by molar-refractivity contribution is -0.142. The van der Waals surface area contributed by atoms with E-state index in [1.807, 2.05) is 0 Å². The smallest absolute Gasteiger partial charge is 0.311 e. The number of amides is 1. The Bertz CT molecular complexity index is 489. The number of carboxylic acids is 1. The Morgan fingerprint density at radius 2 is 2.21 bits per heavy atom. The number of ether oxygens (including phenoxy) is 1. The number of carboxylic acid groups (broad SMARTS) is 1. The van der Waals surface area contributed by atoms with Gasteiger partial charge < -0.3 is 20.9 Å². The van der Waals surface area contributed by atoms with Crippen molar-refractivity contribution in [2.45, 2.75) is 12.5 Å². The highest BCUT2D eigenvalue weighted by molar-refractivity contribution is 5.80. The van der Waals surface area contributed by atoms with Crippen LogP contribution in [0.25, 0.3) is 0 Å². The minimum Gasteiger partial charge on any atom is -0.481 e. The summed E-state index contributed by atoms with van der Waals surface area (Å²) in [5, 5.41) is 11.7. The molecule has 1 fully saturated rings. The van der Waals surface area contributed by atoms with E-state index in [-0.39, 0.29) is 25.5 Å². The molecular weight excluding hydrogens is 248 g/mol. The van der Waals surface area contributed by atoms with Gasteiger partial charge in [0, 0.05) is 5.69 Å². The Labute approximate surface area is 110 Å². The predicted octanol–water partition coefficient (Wildman–Crippen LogP) is 0.0271. The zero-order valence-corrected chi connectivity index (χ0v) is 10.3. The van der Waals surface area contributed by atoms with E-state index in [0.717, 1.165) is 5.56 Å². The zero-order chi connectivity index (χ0) is 13.8. The van der Waals surface area contributed by atoms with Crippen molar-refractivity contribution in [3.05, 3.63) is 29.8 Å². The molecule has 1 saturated heterocycles. The molecule has 0 aliphatic carbocycles. The molecular formula is C13H16N2O4. The second-order valence-corrected chi connectivity index (χ2v) is 4.58. The summed E-state index contributed by atoms with van der Waals surface area (Å²) in [5.41, 5.74) is 7.02. The first-order valence-electron chi connectivity index (χ1n) is 6.00. The number of nitrogen functional groups attached to an aromatic ring is 1. The van der Waals surface area contributed by atoms with Gasteiger partial charge in [-0.15, -0.1) is 0 Å². The normalized spacial score (nSPS) is 22.1. The number of nitrogens with two attached hydrogens (primary N) is 1. The van der Waals surface area contributed by atoms with Gasteiger partial charge in [-0.1, -0.05) is 12.1 Å². The third-order valence-corrected chi connectivity index (χ3v) is 3.06. The fourth-order valence-electron chi connectivity index (χ4n) is 2.09. The summed E-state index contributed by atoms with van der Waals surface area (Å²) < 4.78 is 5.09. The predicted molar refractivity (Wildman–Crippen MR) is 68.4 cm³/mol. The van der Waals surface area contributed by atoms with E-state index < -0.39 is 17.9 Å². The lowest BCUT2D eigenvalue weighted by Gasteiger charge is -2.15. The van der Waals surface area contributed by atoms with Crippen molar-refractivity contribution in [1.29, 1.82) is 0 Å². The molecule has 0 radical (unpaired) electrons. The molecule has 1 heterocycles. The van der Waals surface area contributed by atoms with E-state index >= 15 is 0 Å². The standard InChI is InChI=1S/C13H16N2O4/c14-9-3-1-2-8(4-9)5-12(16)15-11-7-19-6-10(11)13(17)18/h1-4,10-11H,5-7,14H2,(H,15,16)(H,17,18). The molecule has 0 aromatic heterocycles. The van der Waals surface area contributed by atoms with Crippen molar-refractivity contribution in [3.8, 4) is 0 Å². The number of carbonyl (C=O) groups is 2. The molecule has 2 unspecified atom stereocenters. The van der Waals surface area contributed by atoms with Crippen molar-refractivity contribution in [2.75, 3.05) is 18.9 Å². The van der Waals surface area contributed by atoms with Crippen LogP contribution in [0.2, 0.25) is 0 Å².